The van der Waals surface area contributed by atoms with Crippen molar-refractivity contribution < 1.29 is 14.0 Å². The lowest BCUT2D eigenvalue weighted by Gasteiger charge is -2.31. The van der Waals surface area contributed by atoms with Gasteiger partial charge in [-0.1, -0.05) is 19.8 Å². The van der Waals surface area contributed by atoms with Crippen LogP contribution in [-0.2, 0) is 28.9 Å². The second kappa shape index (κ2) is 9.02. The molecule has 4 rings (SSSR count). The highest BCUT2D eigenvalue weighted by atomic mass is 16.3. The Bertz CT molecular complexity index is 878. The summed E-state index contributed by atoms with van der Waals surface area (Å²) < 4.78 is 5.74. The molecule has 2 heterocycles. The zero-order chi connectivity index (χ0) is 20.2. The number of unbranched alkanes of at least 4 members (excludes halogenated alkanes) is 2. The van der Waals surface area contributed by atoms with Crippen LogP contribution in [0, 0.1) is 5.92 Å². The first-order valence-electron chi connectivity index (χ1n) is 11.2. The van der Waals surface area contributed by atoms with E-state index in [9.17, 15) is 9.59 Å². The molecule has 1 aliphatic carbocycles. The first-order valence-corrected chi connectivity index (χ1v) is 11.2. The van der Waals surface area contributed by atoms with Gasteiger partial charge in [0.2, 0.25) is 11.8 Å². The number of hydrogen-bond acceptors (Lipinski definition) is 3. The van der Waals surface area contributed by atoms with Crippen molar-refractivity contribution in [1.29, 1.82) is 0 Å². The molecule has 1 aromatic carbocycles. The van der Waals surface area contributed by atoms with E-state index < -0.39 is 0 Å². The van der Waals surface area contributed by atoms with Gasteiger partial charge in [-0.3, -0.25) is 9.59 Å². The Morgan fingerprint density at radius 2 is 1.90 bits per heavy atom. The van der Waals surface area contributed by atoms with Crippen LogP contribution in [0.1, 0.15) is 62.1 Å². The molecule has 5 heteroatoms. The molecule has 0 atom stereocenters. The van der Waals surface area contributed by atoms with Gasteiger partial charge in [0.1, 0.15) is 5.58 Å². The molecule has 0 spiro atoms. The number of rotatable bonds is 7. The lowest BCUT2D eigenvalue weighted by atomic mass is 9.95. The van der Waals surface area contributed by atoms with Crippen molar-refractivity contribution in [2.45, 2.75) is 64.7 Å². The van der Waals surface area contributed by atoms with Crippen molar-refractivity contribution in [3.8, 4) is 0 Å². The van der Waals surface area contributed by atoms with Crippen molar-refractivity contribution in [2.75, 3.05) is 19.6 Å². The van der Waals surface area contributed by atoms with Gasteiger partial charge < -0.3 is 14.6 Å². The van der Waals surface area contributed by atoms with E-state index in [0.717, 1.165) is 68.0 Å². The van der Waals surface area contributed by atoms with E-state index in [0.29, 0.717) is 19.5 Å². The molecule has 1 saturated heterocycles. The molecule has 1 fully saturated rings. The average molecular weight is 397 g/mol. The van der Waals surface area contributed by atoms with Crippen LogP contribution in [0.3, 0.4) is 0 Å². The predicted molar refractivity (Wildman–Crippen MR) is 114 cm³/mol. The van der Waals surface area contributed by atoms with Gasteiger partial charge in [0.05, 0.1) is 12.7 Å². The van der Waals surface area contributed by atoms with Crippen LogP contribution >= 0.6 is 0 Å². The number of amides is 2. The summed E-state index contributed by atoms with van der Waals surface area (Å²) in [6, 6.07) is 4.37. The fraction of sp³-hybridized carbons (Fsp3) is 0.583. The molecule has 1 aromatic heterocycles. The summed E-state index contributed by atoms with van der Waals surface area (Å²) in [6.45, 7) is 4.25. The second-order valence-corrected chi connectivity index (χ2v) is 8.56. The van der Waals surface area contributed by atoms with Gasteiger partial charge in [0, 0.05) is 36.5 Å². The van der Waals surface area contributed by atoms with E-state index in [4.69, 9.17) is 4.42 Å². The summed E-state index contributed by atoms with van der Waals surface area (Å²) in [7, 11) is 0. The summed E-state index contributed by atoms with van der Waals surface area (Å²) in [4.78, 5) is 27.1. The monoisotopic (exact) mass is 396 g/mol. The Labute approximate surface area is 172 Å². The SMILES string of the molecule is CCCCCNC(=O)C1CCN(C(=O)Cc2coc3cc4c(cc23)CCC4)CC1. The number of nitrogens with one attached hydrogen (secondary N) is 1. The van der Waals surface area contributed by atoms with Gasteiger partial charge in [-0.15, -0.1) is 0 Å². The summed E-state index contributed by atoms with van der Waals surface area (Å²) in [5.74, 6) is 0.330. The average Bonchev–Trinajstić information content (AvgIpc) is 3.36. The molecule has 0 radical (unpaired) electrons. The van der Waals surface area contributed by atoms with Crippen molar-refractivity contribution in [1.82, 2.24) is 10.2 Å². The van der Waals surface area contributed by atoms with E-state index in [-0.39, 0.29) is 17.7 Å². The second-order valence-electron chi connectivity index (χ2n) is 8.56. The number of carbonyl (C=O) groups excluding carboxylic acids is 2. The third kappa shape index (κ3) is 4.49. The molecule has 2 aromatic rings. The smallest absolute Gasteiger partial charge is 0.227 e. The lowest BCUT2D eigenvalue weighted by molar-refractivity contribution is -0.135. The minimum absolute atomic E-state index is 0.0398. The Hall–Kier alpha value is -2.30. The van der Waals surface area contributed by atoms with Crippen LogP contribution in [0.15, 0.2) is 22.8 Å². The van der Waals surface area contributed by atoms with Crippen LogP contribution < -0.4 is 5.32 Å². The fourth-order valence-corrected chi connectivity index (χ4v) is 4.68. The van der Waals surface area contributed by atoms with Crippen molar-refractivity contribution in [2.24, 2.45) is 5.92 Å². The van der Waals surface area contributed by atoms with Gasteiger partial charge in [-0.2, -0.15) is 0 Å². The molecule has 1 aliphatic heterocycles. The summed E-state index contributed by atoms with van der Waals surface area (Å²) in [6.07, 6.45) is 10.4. The Balaban J connectivity index is 1.30. The molecule has 29 heavy (non-hydrogen) atoms. The third-order valence-electron chi connectivity index (χ3n) is 6.51. The molecule has 0 saturated carbocycles. The van der Waals surface area contributed by atoms with E-state index in [1.807, 2.05) is 4.90 Å². The number of carbonyl (C=O) groups is 2. The molecule has 0 bridgehead atoms. The van der Waals surface area contributed by atoms with E-state index in [1.165, 1.54) is 17.5 Å². The Morgan fingerprint density at radius 1 is 1.14 bits per heavy atom. The maximum atomic E-state index is 12.8. The van der Waals surface area contributed by atoms with Crippen LogP contribution in [0.25, 0.3) is 11.0 Å². The third-order valence-corrected chi connectivity index (χ3v) is 6.51. The Kier molecular flexibility index (Phi) is 6.22. The summed E-state index contributed by atoms with van der Waals surface area (Å²) in [5.41, 5.74) is 4.67. The number of hydrogen-bond donors (Lipinski definition) is 1. The molecule has 5 nitrogen and oxygen atoms in total. The highest BCUT2D eigenvalue weighted by molar-refractivity contribution is 5.89. The number of aryl methyl sites for hydroxylation is 2. The molecule has 0 unspecified atom stereocenters. The quantitative estimate of drug-likeness (QED) is 0.720. The van der Waals surface area contributed by atoms with Gasteiger partial charge in [-0.25, -0.2) is 0 Å². The predicted octanol–water partition coefficient (Wildman–Crippen LogP) is 4.01. The number of furan rings is 1. The summed E-state index contributed by atoms with van der Waals surface area (Å²) in [5, 5.41) is 4.14. The number of likely N-dealkylation sites (tertiary alicyclic amines) is 1. The molecular formula is C24H32N2O3. The van der Waals surface area contributed by atoms with E-state index in [1.54, 1.807) is 6.26 Å². The molecule has 156 valence electrons. The molecule has 2 aliphatic rings. The Morgan fingerprint density at radius 3 is 2.66 bits per heavy atom. The molecule has 2 amide bonds. The van der Waals surface area contributed by atoms with Crippen LogP contribution in [0.5, 0.6) is 0 Å². The lowest BCUT2D eigenvalue weighted by Crippen LogP contribution is -2.43. The minimum Gasteiger partial charge on any atom is -0.464 e. The van der Waals surface area contributed by atoms with Crippen molar-refractivity contribution in [3.63, 3.8) is 0 Å². The molecule has 1 N–H and O–H groups in total. The number of nitrogens with zero attached hydrogens (tertiary/aromatic N) is 1. The number of fused-ring (bicyclic) bond motifs is 2. The zero-order valence-electron chi connectivity index (χ0n) is 17.5. The highest BCUT2D eigenvalue weighted by Gasteiger charge is 2.27. The topological polar surface area (TPSA) is 62.6 Å². The van der Waals surface area contributed by atoms with Gasteiger partial charge in [0.15, 0.2) is 0 Å². The standard InChI is InChI=1S/C24H32N2O3/c1-2-3-4-10-25-24(28)17-8-11-26(12-9-17)23(27)15-20-16-29-22-14-19-7-5-6-18(19)13-21(20)22/h13-14,16-17H,2-12,15H2,1H3,(H,25,28). The molecular weight excluding hydrogens is 364 g/mol. The fourth-order valence-electron chi connectivity index (χ4n) is 4.68. The van der Waals surface area contributed by atoms with Crippen LogP contribution in [0.2, 0.25) is 0 Å². The minimum atomic E-state index is 0.0398. The van der Waals surface area contributed by atoms with Gasteiger partial charge in [0.25, 0.3) is 0 Å². The van der Waals surface area contributed by atoms with Gasteiger partial charge >= 0.3 is 0 Å². The normalized spacial score (nSPS) is 16.9. The zero-order valence-corrected chi connectivity index (χ0v) is 17.5. The van der Waals surface area contributed by atoms with Gasteiger partial charge in [-0.05, 0) is 61.8 Å². The maximum Gasteiger partial charge on any atom is 0.227 e. The van der Waals surface area contributed by atoms with Crippen LogP contribution in [-0.4, -0.2) is 36.3 Å². The highest BCUT2D eigenvalue weighted by Crippen LogP contribution is 2.31. The number of piperidine rings is 1. The maximum absolute atomic E-state index is 12.8. The van der Waals surface area contributed by atoms with E-state index >= 15 is 0 Å². The number of benzene rings is 1. The van der Waals surface area contributed by atoms with E-state index in [2.05, 4.69) is 24.4 Å². The van der Waals surface area contributed by atoms with Crippen molar-refractivity contribution >= 4 is 22.8 Å². The van der Waals surface area contributed by atoms with Crippen molar-refractivity contribution in [3.05, 3.63) is 35.1 Å². The first kappa shape index (κ1) is 20.0. The first-order chi connectivity index (χ1) is 14.2. The largest absolute Gasteiger partial charge is 0.464 e. The summed E-state index contributed by atoms with van der Waals surface area (Å²) >= 11 is 0. The van der Waals surface area contributed by atoms with Crippen LogP contribution in [0.4, 0.5) is 0 Å².